The van der Waals surface area contributed by atoms with Crippen molar-refractivity contribution in [3.8, 4) is 0 Å². The average molecular weight is 557 g/mol. The van der Waals surface area contributed by atoms with Crippen molar-refractivity contribution >= 4 is 0 Å². The molecule has 0 nitrogen and oxygen atoms in total. The summed E-state index contributed by atoms with van der Waals surface area (Å²) in [4.78, 5) is 0. The van der Waals surface area contributed by atoms with Gasteiger partial charge in [-0.05, 0) is 86.7 Å². The van der Waals surface area contributed by atoms with Crippen LogP contribution in [0.15, 0.2) is 47.6 Å². The second-order valence-corrected chi connectivity index (χ2v) is 14.4. The Balaban J connectivity index is -0.000000477. The second kappa shape index (κ2) is 25.4. The molecule has 1 saturated carbocycles. The Morgan fingerprint density at radius 1 is 0.825 bits per heavy atom. The van der Waals surface area contributed by atoms with E-state index in [0.29, 0.717) is 10.8 Å². The molecular weight excluding hydrogens is 480 g/mol. The monoisotopic (exact) mass is 557 g/mol. The standard InChI is InChI=1S/C15H24.C9H18.C9H16.C5H12.C2H6/c1-5-13-8-6-9-14(12-13)10-7-11-15(2,3)4;1-3-9-6-4-8(2)5-7-9;1-5-7-9(4)8(3)6-2;1-5(2,3)4;1-2/h6,8-9,12H,5,7,10-11H2,1-4H3;8-9H,3-7H2,1-2H3;6-7H,5H2,1-4H3;1-4H3;1-2H3/b;;8-6+,9-7-;;. The number of hydrogen-bond acceptors (Lipinski definition) is 0. The highest BCUT2D eigenvalue weighted by Crippen LogP contribution is 2.29. The fourth-order valence-electron chi connectivity index (χ4n) is 4.26. The molecule has 0 spiro atoms. The highest BCUT2D eigenvalue weighted by atomic mass is 14.2. The summed E-state index contributed by atoms with van der Waals surface area (Å²) in [6, 6.07) is 9.00. The Hall–Kier alpha value is -1.30. The quantitative estimate of drug-likeness (QED) is 0.293. The van der Waals surface area contributed by atoms with Gasteiger partial charge in [-0.25, -0.2) is 0 Å². The van der Waals surface area contributed by atoms with Crippen molar-refractivity contribution in [2.45, 2.75) is 175 Å². The summed E-state index contributed by atoms with van der Waals surface area (Å²) in [7, 11) is 0. The lowest BCUT2D eigenvalue weighted by molar-refractivity contribution is 0.284. The van der Waals surface area contributed by atoms with Crippen molar-refractivity contribution in [2.24, 2.45) is 22.7 Å². The molecule has 0 amide bonds. The van der Waals surface area contributed by atoms with Gasteiger partial charge in [-0.15, -0.1) is 0 Å². The summed E-state index contributed by atoms with van der Waals surface area (Å²) < 4.78 is 0. The summed E-state index contributed by atoms with van der Waals surface area (Å²) in [6.45, 7) is 35.1. The summed E-state index contributed by atoms with van der Waals surface area (Å²) >= 11 is 0. The van der Waals surface area contributed by atoms with Gasteiger partial charge < -0.3 is 0 Å². The Bertz CT molecular complexity index is 733. The smallest absolute Gasteiger partial charge is 0.0279 e. The van der Waals surface area contributed by atoms with Crippen LogP contribution in [0.25, 0.3) is 0 Å². The van der Waals surface area contributed by atoms with Crippen LogP contribution in [-0.2, 0) is 12.8 Å². The van der Waals surface area contributed by atoms with E-state index in [1.165, 1.54) is 73.6 Å². The fraction of sp³-hybridized carbons (Fsp3) is 0.750. The number of hydrogen-bond donors (Lipinski definition) is 0. The minimum atomic E-state index is 0.475. The molecule has 1 aliphatic rings. The van der Waals surface area contributed by atoms with Gasteiger partial charge in [0.2, 0.25) is 0 Å². The maximum Gasteiger partial charge on any atom is -0.0279 e. The third-order valence-electron chi connectivity index (χ3n) is 7.07. The largest absolute Gasteiger partial charge is 0.0845 e. The minimum absolute atomic E-state index is 0.475. The first kappa shape index (κ1) is 43.2. The zero-order valence-electron chi connectivity index (χ0n) is 30.7. The molecule has 0 N–H and O–H groups in total. The lowest BCUT2D eigenvalue weighted by Crippen LogP contribution is -2.10. The van der Waals surface area contributed by atoms with Gasteiger partial charge in [0.15, 0.2) is 0 Å². The Labute approximate surface area is 255 Å². The molecule has 0 radical (unpaired) electrons. The summed E-state index contributed by atoms with van der Waals surface area (Å²) in [6.07, 6.45) is 17.9. The maximum atomic E-state index is 2.38. The number of rotatable bonds is 7. The number of benzene rings is 1. The molecule has 0 unspecified atom stereocenters. The molecular formula is C40H76. The van der Waals surface area contributed by atoms with E-state index in [1.807, 2.05) is 13.8 Å². The Kier molecular flexibility index (Phi) is 27.4. The number of aryl methyl sites for hydroxylation is 2. The van der Waals surface area contributed by atoms with Gasteiger partial charge in [0.25, 0.3) is 0 Å². The van der Waals surface area contributed by atoms with Crippen LogP contribution in [0.5, 0.6) is 0 Å². The zero-order chi connectivity index (χ0) is 31.8. The molecule has 2 rings (SSSR count). The molecule has 40 heavy (non-hydrogen) atoms. The summed E-state index contributed by atoms with van der Waals surface area (Å²) in [5.74, 6) is 2.09. The SMILES string of the molecule is C/C=C(C)/C(C)=C\CC.CC.CC(C)(C)C.CCC1CCC(C)CC1.CCc1cccc(CCCC(C)(C)C)c1. The average Bonchev–Trinajstić information content (AvgIpc) is 2.89. The van der Waals surface area contributed by atoms with Gasteiger partial charge in [-0.2, -0.15) is 0 Å². The highest BCUT2D eigenvalue weighted by Gasteiger charge is 2.15. The molecule has 1 aromatic carbocycles. The zero-order valence-corrected chi connectivity index (χ0v) is 30.7. The van der Waals surface area contributed by atoms with Crippen LogP contribution in [0.3, 0.4) is 0 Å². The van der Waals surface area contributed by atoms with Crippen molar-refractivity contribution in [3.05, 3.63) is 58.7 Å². The van der Waals surface area contributed by atoms with E-state index >= 15 is 0 Å². The maximum absolute atomic E-state index is 2.38. The molecule has 0 heteroatoms. The predicted octanol–water partition coefficient (Wildman–Crippen LogP) is 14.2. The van der Waals surface area contributed by atoms with E-state index in [-0.39, 0.29) is 0 Å². The van der Waals surface area contributed by atoms with Crippen LogP contribution in [-0.4, -0.2) is 0 Å². The first-order valence-corrected chi connectivity index (χ1v) is 16.9. The van der Waals surface area contributed by atoms with Crippen molar-refractivity contribution in [1.82, 2.24) is 0 Å². The lowest BCUT2D eigenvalue weighted by Gasteiger charge is -2.24. The van der Waals surface area contributed by atoms with Crippen molar-refractivity contribution < 1.29 is 0 Å². The van der Waals surface area contributed by atoms with E-state index in [4.69, 9.17) is 0 Å². The normalized spacial score (nSPS) is 17.5. The van der Waals surface area contributed by atoms with E-state index in [1.54, 1.807) is 0 Å². The van der Waals surface area contributed by atoms with Crippen LogP contribution < -0.4 is 0 Å². The summed E-state index contributed by atoms with van der Waals surface area (Å²) in [5.41, 5.74) is 6.72. The molecule has 0 bridgehead atoms. The molecule has 1 fully saturated rings. The predicted molar refractivity (Wildman–Crippen MR) is 190 cm³/mol. The second-order valence-electron chi connectivity index (χ2n) is 14.4. The molecule has 0 saturated heterocycles. The molecule has 1 aliphatic carbocycles. The van der Waals surface area contributed by atoms with Crippen LogP contribution in [0.2, 0.25) is 0 Å². The molecule has 0 atom stereocenters. The van der Waals surface area contributed by atoms with Crippen molar-refractivity contribution in [3.63, 3.8) is 0 Å². The van der Waals surface area contributed by atoms with Crippen molar-refractivity contribution in [2.75, 3.05) is 0 Å². The van der Waals surface area contributed by atoms with E-state index in [2.05, 4.69) is 133 Å². The third-order valence-corrected chi connectivity index (χ3v) is 7.07. The van der Waals surface area contributed by atoms with Gasteiger partial charge in [0, 0.05) is 0 Å². The minimum Gasteiger partial charge on any atom is -0.0845 e. The van der Waals surface area contributed by atoms with Gasteiger partial charge in [-0.1, -0.05) is 170 Å². The van der Waals surface area contributed by atoms with Gasteiger partial charge >= 0.3 is 0 Å². The third kappa shape index (κ3) is 31.2. The van der Waals surface area contributed by atoms with Gasteiger partial charge in [0.1, 0.15) is 0 Å². The van der Waals surface area contributed by atoms with Gasteiger partial charge in [0.05, 0.1) is 0 Å². The molecule has 236 valence electrons. The number of allylic oxidation sites excluding steroid dienone is 4. The van der Waals surface area contributed by atoms with Crippen LogP contribution in [0.1, 0.15) is 173 Å². The molecule has 0 aromatic heterocycles. The Morgan fingerprint density at radius 2 is 1.32 bits per heavy atom. The lowest BCUT2D eigenvalue weighted by atomic mass is 9.82. The van der Waals surface area contributed by atoms with Crippen LogP contribution in [0.4, 0.5) is 0 Å². The first-order valence-electron chi connectivity index (χ1n) is 16.9. The highest BCUT2D eigenvalue weighted by molar-refractivity contribution is 5.25. The van der Waals surface area contributed by atoms with Crippen molar-refractivity contribution in [1.29, 1.82) is 0 Å². The van der Waals surface area contributed by atoms with Gasteiger partial charge in [-0.3, -0.25) is 0 Å². The van der Waals surface area contributed by atoms with E-state index in [0.717, 1.165) is 24.7 Å². The van der Waals surface area contributed by atoms with Crippen LogP contribution >= 0.6 is 0 Å². The molecule has 0 aliphatic heterocycles. The van der Waals surface area contributed by atoms with Crippen LogP contribution in [0, 0.1) is 22.7 Å². The first-order chi connectivity index (χ1) is 18.6. The Morgan fingerprint density at radius 3 is 1.73 bits per heavy atom. The fourth-order valence-corrected chi connectivity index (χ4v) is 4.26. The molecule has 0 heterocycles. The topological polar surface area (TPSA) is 0 Å². The molecule has 1 aromatic rings. The summed E-state index contributed by atoms with van der Waals surface area (Å²) in [5, 5.41) is 0. The van der Waals surface area contributed by atoms with E-state index < -0.39 is 0 Å². The van der Waals surface area contributed by atoms with E-state index in [9.17, 15) is 0 Å².